The first-order valence-corrected chi connectivity index (χ1v) is 10.1. The van der Waals surface area contributed by atoms with Crippen LogP contribution in [0.25, 0.3) is 0 Å². The fourth-order valence-corrected chi connectivity index (χ4v) is 3.35. The lowest BCUT2D eigenvalue weighted by Crippen LogP contribution is -2.39. The van der Waals surface area contributed by atoms with E-state index < -0.39 is 10.8 Å². The van der Waals surface area contributed by atoms with Crippen molar-refractivity contribution in [2.45, 2.75) is 25.6 Å². The fraction of sp³-hybridized carbons (Fsp3) is 0.444. The van der Waals surface area contributed by atoms with Crippen molar-refractivity contribution in [3.8, 4) is 0 Å². The van der Waals surface area contributed by atoms with Gasteiger partial charge in [-0.05, 0) is 25.0 Å². The fourth-order valence-electron chi connectivity index (χ4n) is 2.31. The Bertz CT molecular complexity index is 643. The van der Waals surface area contributed by atoms with Gasteiger partial charge in [-0.2, -0.15) is 5.10 Å². The molecule has 0 bridgehead atoms. The van der Waals surface area contributed by atoms with Crippen molar-refractivity contribution in [2.24, 2.45) is 4.99 Å². The number of aryl methyl sites for hydroxylation is 1. The number of benzene rings is 1. The Labute approximate surface area is 152 Å². The standard InChI is InChI=1S/C18H27N5OS/c1-2-19-18(20-10-6-13-23-14-7-11-22-23)21-12-15-25(24)16-17-8-4-3-5-9-17/h3-5,7-9,11,14H,2,6,10,12-13,15-16H2,1H3,(H2,19,20,21). The monoisotopic (exact) mass is 361 g/mol. The number of nitrogens with one attached hydrogen (secondary N) is 2. The third-order valence-electron chi connectivity index (χ3n) is 3.51. The lowest BCUT2D eigenvalue weighted by molar-refractivity contribution is 0.584. The average molecular weight is 362 g/mol. The predicted molar refractivity (Wildman–Crippen MR) is 104 cm³/mol. The van der Waals surface area contributed by atoms with Crippen LogP contribution in [0.5, 0.6) is 0 Å². The first-order valence-electron chi connectivity index (χ1n) is 8.66. The van der Waals surface area contributed by atoms with E-state index in [0.29, 0.717) is 18.1 Å². The highest BCUT2D eigenvalue weighted by Crippen LogP contribution is 2.02. The minimum absolute atomic E-state index is 0.597. The molecule has 1 heterocycles. The summed E-state index contributed by atoms with van der Waals surface area (Å²) >= 11 is 0. The molecule has 2 rings (SSSR count). The second-order valence-corrected chi connectivity index (χ2v) is 7.16. The zero-order valence-corrected chi connectivity index (χ0v) is 15.5. The van der Waals surface area contributed by atoms with Crippen molar-refractivity contribution >= 4 is 16.8 Å². The molecule has 0 aliphatic heterocycles. The molecule has 7 heteroatoms. The summed E-state index contributed by atoms with van der Waals surface area (Å²) in [6.45, 7) is 5.07. The maximum atomic E-state index is 12.1. The minimum atomic E-state index is -0.876. The van der Waals surface area contributed by atoms with E-state index in [1.54, 1.807) is 6.20 Å². The Hall–Kier alpha value is -2.15. The van der Waals surface area contributed by atoms with Crippen LogP contribution in [-0.2, 0) is 23.1 Å². The van der Waals surface area contributed by atoms with Crippen LogP contribution in [0.2, 0.25) is 0 Å². The van der Waals surface area contributed by atoms with Crippen LogP contribution in [0.1, 0.15) is 18.9 Å². The van der Waals surface area contributed by atoms with Crippen LogP contribution in [0.15, 0.2) is 53.8 Å². The predicted octanol–water partition coefficient (Wildman–Crippen LogP) is 1.78. The lowest BCUT2D eigenvalue weighted by atomic mass is 10.2. The quantitative estimate of drug-likeness (QED) is 0.384. The number of aromatic nitrogens is 2. The summed E-state index contributed by atoms with van der Waals surface area (Å²) in [5, 5.41) is 10.6. The van der Waals surface area contributed by atoms with E-state index in [-0.39, 0.29) is 0 Å². The summed E-state index contributed by atoms with van der Waals surface area (Å²) in [7, 11) is -0.876. The third kappa shape index (κ3) is 7.98. The zero-order valence-electron chi connectivity index (χ0n) is 14.7. The largest absolute Gasteiger partial charge is 0.357 e. The van der Waals surface area contributed by atoms with Crippen molar-refractivity contribution in [1.82, 2.24) is 20.4 Å². The van der Waals surface area contributed by atoms with Gasteiger partial charge in [0.15, 0.2) is 5.96 Å². The molecule has 0 radical (unpaired) electrons. The summed E-state index contributed by atoms with van der Waals surface area (Å²) in [6.07, 6.45) is 4.66. The molecule has 1 atom stereocenters. The van der Waals surface area contributed by atoms with E-state index in [4.69, 9.17) is 0 Å². The van der Waals surface area contributed by atoms with E-state index in [9.17, 15) is 4.21 Å². The molecule has 0 aliphatic carbocycles. The Morgan fingerprint density at radius 1 is 1.24 bits per heavy atom. The Morgan fingerprint density at radius 2 is 2.08 bits per heavy atom. The molecular formula is C18H27N5OS. The van der Waals surface area contributed by atoms with Gasteiger partial charge in [0.1, 0.15) is 0 Å². The van der Waals surface area contributed by atoms with Crippen LogP contribution in [0, 0.1) is 0 Å². The second kappa shape index (κ2) is 11.4. The van der Waals surface area contributed by atoms with E-state index in [0.717, 1.165) is 37.6 Å². The van der Waals surface area contributed by atoms with E-state index in [2.05, 4.69) is 20.7 Å². The van der Waals surface area contributed by atoms with Gasteiger partial charge in [0.25, 0.3) is 0 Å². The summed E-state index contributed by atoms with van der Waals surface area (Å²) in [5.74, 6) is 1.98. The highest BCUT2D eigenvalue weighted by Gasteiger charge is 2.03. The first kappa shape index (κ1) is 19.2. The van der Waals surface area contributed by atoms with Crippen molar-refractivity contribution in [1.29, 1.82) is 0 Å². The summed E-state index contributed by atoms with van der Waals surface area (Å²) in [4.78, 5) is 4.55. The first-order chi connectivity index (χ1) is 12.3. The van der Waals surface area contributed by atoms with Crippen molar-refractivity contribution in [3.63, 3.8) is 0 Å². The Balaban J connectivity index is 1.67. The van der Waals surface area contributed by atoms with E-state index in [1.165, 1.54) is 0 Å². The molecule has 1 unspecified atom stereocenters. The van der Waals surface area contributed by atoms with Gasteiger partial charge >= 0.3 is 0 Å². The maximum absolute atomic E-state index is 12.1. The highest BCUT2D eigenvalue weighted by atomic mass is 32.2. The number of hydrogen-bond acceptors (Lipinski definition) is 3. The van der Waals surface area contributed by atoms with Gasteiger partial charge in [0, 0.05) is 60.9 Å². The van der Waals surface area contributed by atoms with Crippen LogP contribution < -0.4 is 10.6 Å². The molecule has 0 saturated carbocycles. The number of rotatable bonds is 10. The number of nitrogens with zero attached hydrogens (tertiary/aromatic N) is 3. The summed E-state index contributed by atoms with van der Waals surface area (Å²) < 4.78 is 14.1. The molecule has 1 aromatic heterocycles. The van der Waals surface area contributed by atoms with Gasteiger partial charge in [0.2, 0.25) is 0 Å². The van der Waals surface area contributed by atoms with Crippen LogP contribution >= 0.6 is 0 Å². The summed E-state index contributed by atoms with van der Waals surface area (Å²) in [6, 6.07) is 11.9. The van der Waals surface area contributed by atoms with E-state index in [1.807, 2.05) is 54.2 Å². The zero-order chi connectivity index (χ0) is 17.7. The molecule has 0 spiro atoms. The Kier molecular flexibility index (Phi) is 8.75. The van der Waals surface area contributed by atoms with Gasteiger partial charge in [-0.1, -0.05) is 30.3 Å². The molecule has 2 N–H and O–H groups in total. The summed E-state index contributed by atoms with van der Waals surface area (Å²) in [5.41, 5.74) is 1.11. The van der Waals surface area contributed by atoms with Gasteiger partial charge in [-0.3, -0.25) is 13.9 Å². The molecule has 136 valence electrons. The molecule has 0 amide bonds. The van der Waals surface area contributed by atoms with Crippen LogP contribution in [0.4, 0.5) is 0 Å². The SMILES string of the molecule is CCNC(=NCCCn1cccn1)NCCS(=O)Cc1ccccc1. The molecule has 2 aromatic rings. The van der Waals surface area contributed by atoms with Gasteiger partial charge in [-0.25, -0.2) is 0 Å². The number of guanidine groups is 1. The normalized spacial score (nSPS) is 12.8. The second-order valence-electron chi connectivity index (χ2n) is 5.58. The number of hydrogen-bond donors (Lipinski definition) is 2. The molecular weight excluding hydrogens is 334 g/mol. The van der Waals surface area contributed by atoms with Crippen molar-refractivity contribution in [2.75, 3.05) is 25.4 Å². The molecule has 6 nitrogen and oxygen atoms in total. The molecule has 0 fully saturated rings. The van der Waals surface area contributed by atoms with Crippen LogP contribution in [0.3, 0.4) is 0 Å². The molecule has 0 saturated heterocycles. The van der Waals surface area contributed by atoms with Gasteiger partial charge in [0.05, 0.1) is 0 Å². The molecule has 1 aromatic carbocycles. The highest BCUT2D eigenvalue weighted by molar-refractivity contribution is 7.84. The maximum Gasteiger partial charge on any atom is 0.191 e. The van der Waals surface area contributed by atoms with Crippen molar-refractivity contribution in [3.05, 3.63) is 54.4 Å². The van der Waals surface area contributed by atoms with Crippen LogP contribution in [-0.4, -0.2) is 45.3 Å². The number of aliphatic imine (C=N–C) groups is 1. The third-order valence-corrected chi connectivity index (χ3v) is 4.83. The van der Waals surface area contributed by atoms with Gasteiger partial charge < -0.3 is 10.6 Å². The van der Waals surface area contributed by atoms with Crippen molar-refractivity contribution < 1.29 is 4.21 Å². The van der Waals surface area contributed by atoms with E-state index >= 15 is 0 Å². The van der Waals surface area contributed by atoms with Gasteiger partial charge in [-0.15, -0.1) is 0 Å². The molecule has 0 aliphatic rings. The smallest absolute Gasteiger partial charge is 0.191 e. The molecule has 25 heavy (non-hydrogen) atoms. The topological polar surface area (TPSA) is 71.3 Å². The average Bonchev–Trinajstić information content (AvgIpc) is 3.13. The lowest BCUT2D eigenvalue weighted by Gasteiger charge is -2.11. The minimum Gasteiger partial charge on any atom is -0.357 e. The Morgan fingerprint density at radius 3 is 2.80 bits per heavy atom.